The minimum atomic E-state index is -0.197. The summed E-state index contributed by atoms with van der Waals surface area (Å²) in [5.41, 5.74) is 2.27. The number of aromatic nitrogens is 1. The first kappa shape index (κ1) is 17.4. The molecule has 1 aliphatic heterocycles. The first-order chi connectivity index (χ1) is 11.8. The third kappa shape index (κ3) is 3.51. The maximum atomic E-state index is 13.0. The fourth-order valence-corrected chi connectivity index (χ4v) is 3.72. The van der Waals surface area contributed by atoms with Crippen molar-refractivity contribution in [1.82, 2.24) is 4.98 Å². The van der Waals surface area contributed by atoms with E-state index in [9.17, 15) is 9.59 Å². The molecule has 1 aromatic heterocycles. The minimum absolute atomic E-state index is 0.0234. The van der Waals surface area contributed by atoms with Crippen molar-refractivity contribution in [2.75, 3.05) is 28.2 Å². The highest BCUT2D eigenvalue weighted by atomic mass is 32.1. The van der Waals surface area contributed by atoms with E-state index in [0.717, 1.165) is 17.9 Å². The van der Waals surface area contributed by atoms with E-state index in [4.69, 9.17) is 0 Å². The Kier molecular flexibility index (Phi) is 4.51. The molecule has 0 spiro atoms. The zero-order valence-electron chi connectivity index (χ0n) is 14.9. The van der Waals surface area contributed by atoms with Gasteiger partial charge < -0.3 is 15.1 Å². The molecule has 0 unspecified atom stereocenters. The van der Waals surface area contributed by atoms with Crippen LogP contribution in [-0.4, -0.2) is 35.4 Å². The Bertz CT molecular complexity index is 809. The fourth-order valence-electron chi connectivity index (χ4n) is 2.99. The molecule has 7 heteroatoms. The van der Waals surface area contributed by atoms with Gasteiger partial charge in [0.2, 0.25) is 5.91 Å². The molecule has 2 amide bonds. The lowest BCUT2D eigenvalue weighted by Crippen LogP contribution is -2.51. The lowest BCUT2D eigenvalue weighted by Gasteiger charge is -2.44. The molecule has 0 atom stereocenters. The van der Waals surface area contributed by atoms with Gasteiger partial charge in [0.15, 0.2) is 5.13 Å². The van der Waals surface area contributed by atoms with Crippen LogP contribution in [0.5, 0.6) is 0 Å². The highest BCUT2D eigenvalue weighted by molar-refractivity contribution is 7.14. The molecule has 25 heavy (non-hydrogen) atoms. The van der Waals surface area contributed by atoms with E-state index >= 15 is 0 Å². The van der Waals surface area contributed by atoms with Crippen LogP contribution in [0.15, 0.2) is 29.6 Å². The van der Waals surface area contributed by atoms with Crippen molar-refractivity contribution < 1.29 is 9.59 Å². The van der Waals surface area contributed by atoms with Gasteiger partial charge >= 0.3 is 0 Å². The number of benzene rings is 1. The van der Waals surface area contributed by atoms with E-state index in [-0.39, 0.29) is 17.4 Å². The lowest BCUT2D eigenvalue weighted by atomic mass is 10.0. The molecule has 0 bridgehead atoms. The van der Waals surface area contributed by atoms with Crippen molar-refractivity contribution >= 4 is 39.7 Å². The van der Waals surface area contributed by atoms with Crippen LogP contribution in [0.4, 0.5) is 16.5 Å². The van der Waals surface area contributed by atoms with E-state index in [2.05, 4.69) is 36.0 Å². The van der Waals surface area contributed by atoms with Gasteiger partial charge in [-0.15, -0.1) is 11.3 Å². The topological polar surface area (TPSA) is 65.5 Å². The molecule has 1 aliphatic rings. The summed E-state index contributed by atoms with van der Waals surface area (Å²) in [6.45, 7) is 9.28. The summed E-state index contributed by atoms with van der Waals surface area (Å²) in [7, 11) is 0. The summed E-state index contributed by atoms with van der Waals surface area (Å²) >= 11 is 1.26. The fraction of sp³-hybridized carbons (Fsp3) is 0.389. The zero-order chi connectivity index (χ0) is 18.2. The number of para-hydroxylation sites is 2. The van der Waals surface area contributed by atoms with Gasteiger partial charge in [0, 0.05) is 30.9 Å². The second kappa shape index (κ2) is 6.48. The van der Waals surface area contributed by atoms with Crippen molar-refractivity contribution in [3.05, 3.63) is 35.3 Å². The molecular formula is C18H22N4O2S. The molecule has 2 heterocycles. The molecule has 1 N–H and O–H groups in total. The summed E-state index contributed by atoms with van der Waals surface area (Å²) in [5, 5.41) is 4.75. The summed E-state index contributed by atoms with van der Waals surface area (Å²) in [5.74, 6) is -0.341. The van der Waals surface area contributed by atoms with Gasteiger partial charge in [-0.1, -0.05) is 12.1 Å². The predicted octanol–water partition coefficient (Wildman–Crippen LogP) is 3.37. The Hall–Kier alpha value is -2.41. The van der Waals surface area contributed by atoms with Crippen molar-refractivity contribution in [2.45, 2.75) is 33.2 Å². The zero-order valence-corrected chi connectivity index (χ0v) is 15.7. The smallest absolute Gasteiger partial charge is 0.277 e. The monoisotopic (exact) mass is 358 g/mol. The number of carbonyl (C=O) groups excluding carboxylic acids is 2. The third-order valence-corrected chi connectivity index (χ3v) is 4.83. The number of hydrogen-bond acceptors (Lipinski definition) is 5. The number of nitrogens with one attached hydrogen (secondary N) is 1. The van der Waals surface area contributed by atoms with Crippen LogP contribution in [0.2, 0.25) is 0 Å². The summed E-state index contributed by atoms with van der Waals surface area (Å²) in [6.07, 6.45) is 0. The van der Waals surface area contributed by atoms with Gasteiger partial charge in [-0.3, -0.25) is 9.59 Å². The number of fused-ring (bicyclic) bond motifs is 1. The highest BCUT2D eigenvalue weighted by Gasteiger charge is 2.33. The van der Waals surface area contributed by atoms with E-state index in [0.29, 0.717) is 17.4 Å². The first-order valence-electron chi connectivity index (χ1n) is 8.19. The predicted molar refractivity (Wildman–Crippen MR) is 102 cm³/mol. The molecule has 2 aromatic rings. The SMILES string of the molecule is CC(=O)Nc1nc(C(=O)N2CCN(C(C)(C)C)c3ccccc32)cs1. The average Bonchev–Trinajstić information content (AvgIpc) is 3.00. The third-order valence-electron chi connectivity index (χ3n) is 4.07. The van der Waals surface area contributed by atoms with E-state index < -0.39 is 0 Å². The Morgan fingerprint density at radius 3 is 2.48 bits per heavy atom. The summed E-state index contributed by atoms with van der Waals surface area (Å²) < 4.78 is 0. The standard InChI is InChI=1S/C18H22N4O2S/c1-12(23)19-17-20-13(11-25-17)16(24)21-9-10-22(18(2,3)4)15-8-6-5-7-14(15)21/h5-8,11H,9-10H2,1-4H3,(H,19,20,23). The normalized spacial score (nSPS) is 14.2. The van der Waals surface area contributed by atoms with Crippen molar-refractivity contribution in [3.8, 4) is 0 Å². The summed E-state index contributed by atoms with van der Waals surface area (Å²) in [6, 6.07) is 7.94. The molecule has 6 nitrogen and oxygen atoms in total. The van der Waals surface area contributed by atoms with E-state index in [1.165, 1.54) is 18.3 Å². The Balaban J connectivity index is 1.91. The molecule has 3 rings (SSSR count). The van der Waals surface area contributed by atoms with E-state index in [1.807, 2.05) is 24.3 Å². The van der Waals surface area contributed by atoms with Crippen LogP contribution < -0.4 is 15.1 Å². The molecule has 0 saturated carbocycles. The van der Waals surface area contributed by atoms with Gasteiger partial charge in [0.25, 0.3) is 5.91 Å². The minimum Gasteiger partial charge on any atom is -0.363 e. The second-order valence-corrected chi connectivity index (χ2v) is 7.85. The largest absolute Gasteiger partial charge is 0.363 e. The molecule has 0 fully saturated rings. The van der Waals surface area contributed by atoms with Crippen LogP contribution >= 0.6 is 11.3 Å². The number of anilines is 3. The number of hydrogen-bond donors (Lipinski definition) is 1. The van der Waals surface area contributed by atoms with Crippen LogP contribution in [0.1, 0.15) is 38.2 Å². The van der Waals surface area contributed by atoms with E-state index in [1.54, 1.807) is 10.3 Å². The Morgan fingerprint density at radius 2 is 1.84 bits per heavy atom. The average molecular weight is 358 g/mol. The van der Waals surface area contributed by atoms with Gasteiger partial charge in [-0.25, -0.2) is 4.98 Å². The Morgan fingerprint density at radius 1 is 1.16 bits per heavy atom. The number of amides is 2. The number of thiazole rings is 1. The van der Waals surface area contributed by atoms with Crippen LogP contribution in [0.25, 0.3) is 0 Å². The van der Waals surface area contributed by atoms with Crippen molar-refractivity contribution in [1.29, 1.82) is 0 Å². The number of carbonyl (C=O) groups is 2. The number of nitrogens with zero attached hydrogens (tertiary/aromatic N) is 3. The van der Waals surface area contributed by atoms with Crippen molar-refractivity contribution in [2.24, 2.45) is 0 Å². The Labute approximate surface area is 151 Å². The van der Waals surface area contributed by atoms with Crippen molar-refractivity contribution in [3.63, 3.8) is 0 Å². The van der Waals surface area contributed by atoms with Gasteiger partial charge in [0.05, 0.1) is 11.4 Å². The highest BCUT2D eigenvalue weighted by Crippen LogP contribution is 2.37. The van der Waals surface area contributed by atoms with Gasteiger partial charge in [-0.2, -0.15) is 0 Å². The summed E-state index contributed by atoms with van der Waals surface area (Å²) in [4.78, 5) is 32.4. The first-order valence-corrected chi connectivity index (χ1v) is 9.07. The second-order valence-electron chi connectivity index (χ2n) is 6.99. The molecule has 0 aliphatic carbocycles. The molecular weight excluding hydrogens is 336 g/mol. The van der Waals surface area contributed by atoms with Crippen LogP contribution in [0.3, 0.4) is 0 Å². The molecule has 0 radical (unpaired) electrons. The number of rotatable bonds is 2. The maximum absolute atomic E-state index is 13.0. The van der Waals surface area contributed by atoms with Gasteiger partial charge in [-0.05, 0) is 32.9 Å². The quantitative estimate of drug-likeness (QED) is 0.894. The van der Waals surface area contributed by atoms with Crippen LogP contribution in [-0.2, 0) is 4.79 Å². The van der Waals surface area contributed by atoms with Crippen LogP contribution in [0, 0.1) is 0 Å². The molecule has 132 valence electrons. The molecule has 0 saturated heterocycles. The lowest BCUT2D eigenvalue weighted by molar-refractivity contribution is -0.114. The van der Waals surface area contributed by atoms with Gasteiger partial charge in [0.1, 0.15) is 5.69 Å². The molecule has 1 aromatic carbocycles. The maximum Gasteiger partial charge on any atom is 0.277 e.